The molecule has 0 spiro atoms. The fraction of sp³-hybridized carbons (Fsp3) is 0.133. The topological polar surface area (TPSA) is 64.5 Å². The van der Waals surface area contributed by atoms with E-state index in [0.29, 0.717) is 12.8 Å². The molecular weight excluding hydrogens is 420 g/mol. The average Bonchev–Trinajstić information content (AvgIpc) is 2.86. The van der Waals surface area contributed by atoms with Gasteiger partial charge in [0.25, 0.3) is 0 Å². The summed E-state index contributed by atoms with van der Waals surface area (Å²) < 4.78 is 0. The van der Waals surface area contributed by atoms with Crippen LogP contribution in [-0.4, -0.2) is 23.4 Å². The van der Waals surface area contributed by atoms with E-state index >= 15 is 0 Å². The van der Waals surface area contributed by atoms with Crippen molar-refractivity contribution in [2.45, 2.75) is 12.8 Å². The molecule has 4 heteroatoms. The summed E-state index contributed by atoms with van der Waals surface area (Å²) >= 11 is 0. The van der Waals surface area contributed by atoms with Crippen LogP contribution >= 0.6 is 0 Å². The molecule has 0 fully saturated rings. The Labute approximate surface area is 199 Å². The lowest BCUT2D eigenvalue weighted by atomic mass is 10.0. The Morgan fingerprint density at radius 3 is 1.29 bits per heavy atom. The summed E-state index contributed by atoms with van der Waals surface area (Å²) in [4.78, 5) is 0. The molecular formula is C30H28N2O2. The zero-order chi connectivity index (χ0) is 23.3. The van der Waals surface area contributed by atoms with Crippen LogP contribution in [0.25, 0.3) is 21.5 Å². The normalized spacial score (nSPS) is 11.1. The van der Waals surface area contributed by atoms with E-state index in [9.17, 15) is 0 Å². The highest BCUT2D eigenvalue weighted by Crippen LogP contribution is 2.34. The van der Waals surface area contributed by atoms with Crippen molar-refractivity contribution in [3.8, 4) is 0 Å². The highest BCUT2D eigenvalue weighted by Gasteiger charge is 2.08. The first-order valence-corrected chi connectivity index (χ1v) is 11.6. The number of hydrogen-bond donors (Lipinski definition) is 4. The van der Waals surface area contributed by atoms with Gasteiger partial charge in [0.15, 0.2) is 0 Å². The first-order valence-electron chi connectivity index (χ1n) is 11.6. The molecule has 0 aliphatic carbocycles. The molecule has 0 saturated carbocycles. The Morgan fingerprint density at radius 2 is 0.912 bits per heavy atom. The molecule has 4 nitrogen and oxygen atoms in total. The first-order chi connectivity index (χ1) is 16.7. The van der Waals surface area contributed by atoms with Gasteiger partial charge >= 0.3 is 0 Å². The van der Waals surface area contributed by atoms with Crippen LogP contribution in [-0.2, 0) is 12.8 Å². The highest BCUT2D eigenvalue weighted by atomic mass is 16.3. The molecule has 0 unspecified atom stereocenters. The fourth-order valence-electron chi connectivity index (χ4n) is 4.35. The second kappa shape index (κ2) is 9.96. The molecule has 34 heavy (non-hydrogen) atoms. The minimum atomic E-state index is 0.162. The molecule has 5 aromatic carbocycles. The number of anilines is 4. The van der Waals surface area contributed by atoms with Crippen molar-refractivity contribution in [3.05, 3.63) is 108 Å². The third-order valence-corrected chi connectivity index (χ3v) is 6.15. The number of hydrogen-bond acceptors (Lipinski definition) is 4. The number of fused-ring (bicyclic) bond motifs is 2. The maximum atomic E-state index is 9.13. The predicted octanol–water partition coefficient (Wildman–Crippen LogP) is 6.55. The van der Waals surface area contributed by atoms with E-state index in [-0.39, 0.29) is 13.2 Å². The van der Waals surface area contributed by atoms with Gasteiger partial charge in [0.05, 0.1) is 0 Å². The van der Waals surface area contributed by atoms with Crippen LogP contribution in [0.1, 0.15) is 11.1 Å². The molecule has 5 aromatic rings. The van der Waals surface area contributed by atoms with Crippen LogP contribution in [0.4, 0.5) is 22.7 Å². The van der Waals surface area contributed by atoms with Crippen molar-refractivity contribution < 1.29 is 10.2 Å². The lowest BCUT2D eigenvalue weighted by Gasteiger charge is -2.14. The molecule has 0 atom stereocenters. The monoisotopic (exact) mass is 448 g/mol. The van der Waals surface area contributed by atoms with Crippen LogP contribution in [0.15, 0.2) is 97.1 Å². The van der Waals surface area contributed by atoms with Crippen LogP contribution < -0.4 is 10.6 Å². The Balaban J connectivity index is 1.47. The van der Waals surface area contributed by atoms with Crippen LogP contribution in [0, 0.1) is 0 Å². The van der Waals surface area contributed by atoms with Gasteiger partial charge in [0.1, 0.15) is 0 Å². The molecule has 0 bridgehead atoms. The molecule has 0 aliphatic heterocycles. The number of aliphatic hydroxyl groups is 2. The standard InChI is InChI=1S/C30H28N2O2/c33-17-15-21-7-11-25(12-8-21)31-29-5-1-3-23-19-28-24(20-27(23)29)4-2-6-30(28)32-26-13-9-22(10-14-26)16-18-34/h1-14,19-20,31-34H,15-18H2. The van der Waals surface area contributed by atoms with Crippen LogP contribution in [0.3, 0.4) is 0 Å². The van der Waals surface area contributed by atoms with Gasteiger partial charge in [-0.15, -0.1) is 0 Å². The van der Waals surface area contributed by atoms with Crippen molar-refractivity contribution in [3.63, 3.8) is 0 Å². The summed E-state index contributed by atoms with van der Waals surface area (Å²) in [6.45, 7) is 0.323. The summed E-state index contributed by atoms with van der Waals surface area (Å²) in [5.74, 6) is 0. The summed E-state index contributed by atoms with van der Waals surface area (Å²) in [5, 5.41) is 30.0. The van der Waals surface area contributed by atoms with Crippen molar-refractivity contribution in [2.75, 3.05) is 23.8 Å². The molecule has 0 aliphatic rings. The summed E-state index contributed by atoms with van der Waals surface area (Å²) in [7, 11) is 0. The largest absolute Gasteiger partial charge is 0.396 e. The van der Waals surface area contributed by atoms with E-state index in [0.717, 1.165) is 33.9 Å². The van der Waals surface area contributed by atoms with Gasteiger partial charge in [-0.1, -0.05) is 48.5 Å². The Hall–Kier alpha value is -3.86. The smallest absolute Gasteiger partial charge is 0.0471 e. The lowest BCUT2D eigenvalue weighted by molar-refractivity contribution is 0.299. The van der Waals surface area contributed by atoms with Gasteiger partial charge in [-0.3, -0.25) is 0 Å². The maximum Gasteiger partial charge on any atom is 0.0471 e. The zero-order valence-electron chi connectivity index (χ0n) is 19.0. The maximum absolute atomic E-state index is 9.13. The van der Waals surface area contributed by atoms with Gasteiger partial charge in [-0.2, -0.15) is 0 Å². The molecule has 0 saturated heterocycles. The minimum absolute atomic E-state index is 0.162. The van der Waals surface area contributed by atoms with E-state index in [2.05, 4.69) is 83.4 Å². The van der Waals surface area contributed by atoms with E-state index in [4.69, 9.17) is 10.2 Å². The number of nitrogens with one attached hydrogen (secondary N) is 2. The fourth-order valence-corrected chi connectivity index (χ4v) is 4.35. The van der Waals surface area contributed by atoms with Crippen molar-refractivity contribution >= 4 is 44.3 Å². The average molecular weight is 449 g/mol. The second-order valence-corrected chi connectivity index (χ2v) is 8.50. The molecule has 5 rings (SSSR count). The summed E-state index contributed by atoms with van der Waals surface area (Å²) in [5.41, 5.74) is 6.42. The molecule has 4 N–H and O–H groups in total. The lowest BCUT2D eigenvalue weighted by Crippen LogP contribution is -1.95. The third-order valence-electron chi connectivity index (χ3n) is 6.15. The summed E-state index contributed by atoms with van der Waals surface area (Å²) in [6.07, 6.45) is 1.34. The molecule has 0 radical (unpaired) electrons. The minimum Gasteiger partial charge on any atom is -0.396 e. The van der Waals surface area contributed by atoms with Gasteiger partial charge in [-0.25, -0.2) is 0 Å². The van der Waals surface area contributed by atoms with Crippen molar-refractivity contribution in [1.82, 2.24) is 0 Å². The van der Waals surface area contributed by atoms with E-state index in [1.807, 2.05) is 24.3 Å². The molecule has 0 amide bonds. The van der Waals surface area contributed by atoms with Gasteiger partial charge in [-0.05, 0) is 83.3 Å². The second-order valence-electron chi connectivity index (χ2n) is 8.50. The Morgan fingerprint density at radius 1 is 0.500 bits per heavy atom. The quantitative estimate of drug-likeness (QED) is 0.203. The number of rotatable bonds is 8. The first kappa shape index (κ1) is 22.0. The van der Waals surface area contributed by atoms with Crippen molar-refractivity contribution in [2.24, 2.45) is 0 Å². The molecule has 0 heterocycles. The van der Waals surface area contributed by atoms with E-state index in [1.54, 1.807) is 0 Å². The Bertz CT molecular complexity index is 1300. The zero-order valence-corrected chi connectivity index (χ0v) is 19.0. The highest BCUT2D eigenvalue weighted by molar-refractivity contribution is 6.08. The van der Waals surface area contributed by atoms with Gasteiger partial charge in [0, 0.05) is 46.7 Å². The molecule has 0 aromatic heterocycles. The number of benzene rings is 5. The Kier molecular flexibility index (Phi) is 6.43. The van der Waals surface area contributed by atoms with Crippen LogP contribution in [0.2, 0.25) is 0 Å². The molecule has 170 valence electrons. The SMILES string of the molecule is OCCc1ccc(Nc2cccc3cc4c(Nc5ccc(CCO)cc5)cccc4cc23)cc1. The predicted molar refractivity (Wildman–Crippen MR) is 142 cm³/mol. The van der Waals surface area contributed by atoms with Gasteiger partial charge < -0.3 is 20.8 Å². The number of aliphatic hydroxyl groups excluding tert-OH is 2. The van der Waals surface area contributed by atoms with Crippen LogP contribution in [0.5, 0.6) is 0 Å². The van der Waals surface area contributed by atoms with E-state index < -0.39 is 0 Å². The van der Waals surface area contributed by atoms with E-state index in [1.165, 1.54) is 21.5 Å². The van der Waals surface area contributed by atoms with Gasteiger partial charge in [0.2, 0.25) is 0 Å². The summed E-state index contributed by atoms with van der Waals surface area (Å²) in [6, 6.07) is 33.5. The van der Waals surface area contributed by atoms with Crippen molar-refractivity contribution in [1.29, 1.82) is 0 Å². The third kappa shape index (κ3) is 4.74.